The largest absolute Gasteiger partial charge is 0.382 e. The van der Waals surface area contributed by atoms with Gasteiger partial charge in [0.05, 0.1) is 12.7 Å². The van der Waals surface area contributed by atoms with E-state index in [4.69, 9.17) is 9.47 Å². The molecule has 3 nitrogen and oxygen atoms in total. The lowest BCUT2D eigenvalue weighted by molar-refractivity contribution is 0.0274. The molecule has 0 fully saturated rings. The summed E-state index contributed by atoms with van der Waals surface area (Å²) >= 11 is 0. The molecule has 1 N–H and O–H groups in total. The Morgan fingerprint density at radius 3 is 2.20 bits per heavy atom. The molecule has 0 aliphatic heterocycles. The molecule has 2 unspecified atom stereocenters. The van der Waals surface area contributed by atoms with Crippen LogP contribution >= 0.6 is 0 Å². The van der Waals surface area contributed by atoms with E-state index in [1.807, 2.05) is 0 Å². The van der Waals surface area contributed by atoms with E-state index in [9.17, 15) is 0 Å². The van der Waals surface area contributed by atoms with Crippen LogP contribution in [0.1, 0.15) is 33.6 Å². The molecule has 0 aromatic heterocycles. The van der Waals surface area contributed by atoms with Gasteiger partial charge in [0.1, 0.15) is 0 Å². The van der Waals surface area contributed by atoms with E-state index in [0.717, 1.165) is 12.5 Å². The lowest BCUT2D eigenvalue weighted by Gasteiger charge is -2.19. The van der Waals surface area contributed by atoms with E-state index in [-0.39, 0.29) is 6.10 Å². The molecule has 0 amide bonds. The van der Waals surface area contributed by atoms with Gasteiger partial charge in [-0.25, -0.2) is 0 Å². The van der Waals surface area contributed by atoms with Crippen molar-refractivity contribution in [1.82, 2.24) is 5.32 Å². The van der Waals surface area contributed by atoms with Crippen LogP contribution in [-0.4, -0.2) is 39.5 Å². The van der Waals surface area contributed by atoms with E-state index in [2.05, 4.69) is 26.1 Å². The Bertz CT molecular complexity index is 140. The zero-order valence-electron chi connectivity index (χ0n) is 10.9. The van der Waals surface area contributed by atoms with Crippen LogP contribution in [0.2, 0.25) is 0 Å². The molecule has 0 radical (unpaired) electrons. The number of hydrogen-bond donors (Lipinski definition) is 1. The van der Waals surface area contributed by atoms with Gasteiger partial charge >= 0.3 is 0 Å². The molecule has 0 aliphatic rings. The highest BCUT2D eigenvalue weighted by atomic mass is 16.5. The maximum Gasteiger partial charge on any atom is 0.0928 e. The molecule has 15 heavy (non-hydrogen) atoms. The summed E-state index contributed by atoms with van der Waals surface area (Å²) < 4.78 is 10.3. The fourth-order valence-corrected chi connectivity index (χ4v) is 1.41. The van der Waals surface area contributed by atoms with Crippen molar-refractivity contribution in [2.75, 3.05) is 27.4 Å². The molecule has 0 bridgehead atoms. The van der Waals surface area contributed by atoms with Gasteiger partial charge in [0.25, 0.3) is 0 Å². The Labute approximate surface area is 94.5 Å². The highest BCUT2D eigenvalue weighted by Crippen LogP contribution is 2.06. The van der Waals surface area contributed by atoms with Crippen LogP contribution < -0.4 is 5.32 Å². The summed E-state index contributed by atoms with van der Waals surface area (Å²) in [6.45, 7) is 8.26. The maximum absolute atomic E-state index is 5.28. The minimum absolute atomic E-state index is 0.163. The number of rotatable bonds is 9. The molecule has 0 rings (SSSR count). The second kappa shape index (κ2) is 9.13. The van der Waals surface area contributed by atoms with Crippen LogP contribution in [0.3, 0.4) is 0 Å². The van der Waals surface area contributed by atoms with Gasteiger partial charge in [-0.1, -0.05) is 13.8 Å². The predicted molar refractivity (Wildman–Crippen MR) is 64.2 cm³/mol. The summed E-state index contributed by atoms with van der Waals surface area (Å²) in [6, 6.07) is 0.557. The van der Waals surface area contributed by atoms with Gasteiger partial charge in [-0.2, -0.15) is 0 Å². The van der Waals surface area contributed by atoms with E-state index < -0.39 is 0 Å². The first kappa shape index (κ1) is 14.9. The third-order valence-corrected chi connectivity index (χ3v) is 2.56. The number of ether oxygens (including phenoxy) is 2. The normalized spacial score (nSPS) is 15.6. The van der Waals surface area contributed by atoms with Gasteiger partial charge in [-0.3, -0.25) is 0 Å². The molecule has 0 aromatic rings. The first-order valence-corrected chi connectivity index (χ1v) is 5.85. The molecule has 2 atom stereocenters. The summed E-state index contributed by atoms with van der Waals surface area (Å²) in [4.78, 5) is 0. The molecular weight excluding hydrogens is 190 g/mol. The van der Waals surface area contributed by atoms with E-state index >= 15 is 0 Å². The van der Waals surface area contributed by atoms with E-state index in [1.54, 1.807) is 14.2 Å². The van der Waals surface area contributed by atoms with Crippen LogP contribution in [0.5, 0.6) is 0 Å². The number of nitrogens with one attached hydrogen (secondary N) is 1. The second-order valence-electron chi connectivity index (χ2n) is 4.59. The van der Waals surface area contributed by atoms with E-state index in [0.29, 0.717) is 12.6 Å². The van der Waals surface area contributed by atoms with Crippen molar-refractivity contribution in [3.05, 3.63) is 0 Å². The molecule has 0 heterocycles. The quantitative estimate of drug-likeness (QED) is 0.641. The van der Waals surface area contributed by atoms with Gasteiger partial charge in [-0.05, 0) is 25.7 Å². The minimum atomic E-state index is 0.163. The maximum atomic E-state index is 5.28. The van der Waals surface area contributed by atoms with Crippen LogP contribution in [0, 0.1) is 5.92 Å². The fraction of sp³-hybridized carbons (Fsp3) is 1.00. The van der Waals surface area contributed by atoms with Gasteiger partial charge in [-0.15, -0.1) is 0 Å². The van der Waals surface area contributed by atoms with Crippen molar-refractivity contribution < 1.29 is 9.47 Å². The first-order chi connectivity index (χ1) is 7.10. The Balaban J connectivity index is 3.54. The molecule has 0 aliphatic carbocycles. The Hall–Kier alpha value is -0.120. The van der Waals surface area contributed by atoms with Crippen LogP contribution in [0.4, 0.5) is 0 Å². The van der Waals surface area contributed by atoms with Gasteiger partial charge in [0.15, 0.2) is 0 Å². The third-order valence-electron chi connectivity index (χ3n) is 2.56. The van der Waals surface area contributed by atoms with Crippen LogP contribution in [0.25, 0.3) is 0 Å². The van der Waals surface area contributed by atoms with Gasteiger partial charge < -0.3 is 14.8 Å². The molecule has 0 saturated carbocycles. The molecule has 0 aromatic carbocycles. The Morgan fingerprint density at radius 1 is 1.07 bits per heavy atom. The molecule has 0 spiro atoms. The van der Waals surface area contributed by atoms with Crippen molar-refractivity contribution in [1.29, 1.82) is 0 Å². The SMILES string of the molecule is COCC(CNC(C)CCC(C)C)OC. The van der Waals surface area contributed by atoms with Crippen molar-refractivity contribution >= 4 is 0 Å². The lowest BCUT2D eigenvalue weighted by atomic mass is 10.0. The fourth-order valence-electron chi connectivity index (χ4n) is 1.41. The molecular formula is C12H27NO2. The topological polar surface area (TPSA) is 30.5 Å². The summed E-state index contributed by atoms with van der Waals surface area (Å²) in [7, 11) is 3.43. The zero-order valence-corrected chi connectivity index (χ0v) is 10.9. The Kier molecular flexibility index (Phi) is 9.06. The Morgan fingerprint density at radius 2 is 1.73 bits per heavy atom. The van der Waals surface area contributed by atoms with Crippen molar-refractivity contribution in [2.24, 2.45) is 5.92 Å². The average Bonchev–Trinajstić information content (AvgIpc) is 2.21. The van der Waals surface area contributed by atoms with Gasteiger partial charge in [0, 0.05) is 26.8 Å². The summed E-state index contributed by atoms with van der Waals surface area (Å²) in [5.74, 6) is 0.784. The zero-order chi connectivity index (χ0) is 11.7. The average molecular weight is 217 g/mol. The predicted octanol–water partition coefficient (Wildman–Crippen LogP) is 2.06. The number of hydrogen-bond acceptors (Lipinski definition) is 3. The minimum Gasteiger partial charge on any atom is -0.382 e. The number of methoxy groups -OCH3 is 2. The second-order valence-corrected chi connectivity index (χ2v) is 4.59. The summed E-state index contributed by atoms with van der Waals surface area (Å²) in [6.07, 6.45) is 2.66. The van der Waals surface area contributed by atoms with E-state index in [1.165, 1.54) is 12.8 Å². The summed E-state index contributed by atoms with van der Waals surface area (Å²) in [5.41, 5.74) is 0. The monoisotopic (exact) mass is 217 g/mol. The van der Waals surface area contributed by atoms with Crippen LogP contribution in [-0.2, 0) is 9.47 Å². The first-order valence-electron chi connectivity index (χ1n) is 5.85. The molecule has 92 valence electrons. The molecule has 0 saturated heterocycles. The highest BCUT2D eigenvalue weighted by Gasteiger charge is 2.09. The highest BCUT2D eigenvalue weighted by molar-refractivity contribution is 4.66. The van der Waals surface area contributed by atoms with Crippen LogP contribution in [0.15, 0.2) is 0 Å². The smallest absolute Gasteiger partial charge is 0.0928 e. The van der Waals surface area contributed by atoms with Crippen molar-refractivity contribution in [3.63, 3.8) is 0 Å². The molecule has 3 heteroatoms. The standard InChI is InChI=1S/C12H27NO2/c1-10(2)6-7-11(3)13-8-12(15-5)9-14-4/h10-13H,6-9H2,1-5H3. The lowest BCUT2D eigenvalue weighted by Crippen LogP contribution is -2.37. The van der Waals surface area contributed by atoms with Crippen molar-refractivity contribution in [3.8, 4) is 0 Å². The van der Waals surface area contributed by atoms with Gasteiger partial charge in [0.2, 0.25) is 0 Å². The third kappa shape index (κ3) is 8.85. The summed E-state index contributed by atoms with van der Waals surface area (Å²) in [5, 5.41) is 3.47. The van der Waals surface area contributed by atoms with Crippen molar-refractivity contribution in [2.45, 2.75) is 45.8 Å².